The number of ether oxygens (including phenoxy) is 1. The third kappa shape index (κ3) is 6.56. The van der Waals surface area contributed by atoms with Crippen LogP contribution in [-0.2, 0) is 17.8 Å². The molecule has 7 heteroatoms. The summed E-state index contributed by atoms with van der Waals surface area (Å²) < 4.78 is 7.49. The maximum absolute atomic E-state index is 12.4. The molecule has 1 N–H and O–H groups in total. The molecular weight excluding hydrogens is 294 g/mol. The molecule has 0 fully saturated rings. The fourth-order valence-corrected chi connectivity index (χ4v) is 2.09. The van der Waals surface area contributed by atoms with Crippen molar-refractivity contribution in [2.75, 3.05) is 13.1 Å². The quantitative estimate of drug-likeness (QED) is 0.813. The Morgan fingerprint density at radius 3 is 2.48 bits per heavy atom. The maximum atomic E-state index is 12.4. The summed E-state index contributed by atoms with van der Waals surface area (Å²) in [7, 11) is 0. The van der Waals surface area contributed by atoms with Crippen molar-refractivity contribution in [3.8, 4) is 0 Å². The van der Waals surface area contributed by atoms with E-state index in [2.05, 4.69) is 22.4 Å². The summed E-state index contributed by atoms with van der Waals surface area (Å²) in [5.41, 5.74) is -0.793. The second-order valence-electron chi connectivity index (χ2n) is 7.51. The molecule has 1 amide bonds. The van der Waals surface area contributed by atoms with Crippen LogP contribution in [0, 0.1) is 0 Å². The topological polar surface area (TPSA) is 72.3 Å². The fraction of sp³-hybridized carbons (Fsp3) is 0.812. The van der Waals surface area contributed by atoms with Crippen LogP contribution in [0.15, 0.2) is 6.33 Å². The van der Waals surface area contributed by atoms with E-state index in [-0.39, 0.29) is 11.6 Å². The average Bonchev–Trinajstić information content (AvgIpc) is 2.82. The van der Waals surface area contributed by atoms with Gasteiger partial charge in [0.2, 0.25) is 0 Å². The van der Waals surface area contributed by atoms with Crippen molar-refractivity contribution < 1.29 is 9.53 Å². The van der Waals surface area contributed by atoms with Crippen LogP contribution < -0.4 is 5.32 Å². The molecule has 132 valence electrons. The first-order valence-electron chi connectivity index (χ1n) is 8.12. The lowest BCUT2D eigenvalue weighted by Crippen LogP contribution is -2.50. The van der Waals surface area contributed by atoms with Gasteiger partial charge in [0.1, 0.15) is 17.8 Å². The van der Waals surface area contributed by atoms with Gasteiger partial charge in [0.15, 0.2) is 0 Å². The van der Waals surface area contributed by atoms with E-state index in [1.807, 2.05) is 46.1 Å². The zero-order valence-corrected chi connectivity index (χ0v) is 15.5. The summed E-state index contributed by atoms with van der Waals surface area (Å²) in [6, 6.07) is 0. The van der Waals surface area contributed by atoms with Gasteiger partial charge >= 0.3 is 6.09 Å². The summed E-state index contributed by atoms with van der Waals surface area (Å²) in [6.45, 7) is 16.4. The summed E-state index contributed by atoms with van der Waals surface area (Å²) in [6.07, 6.45) is 1.43. The molecule has 0 radical (unpaired) electrons. The van der Waals surface area contributed by atoms with Gasteiger partial charge in [-0.3, -0.25) is 0 Å². The van der Waals surface area contributed by atoms with E-state index in [1.165, 1.54) is 0 Å². The third-order valence-corrected chi connectivity index (χ3v) is 3.26. The summed E-state index contributed by atoms with van der Waals surface area (Å²) in [5, 5.41) is 11.3. The first-order valence-corrected chi connectivity index (χ1v) is 8.12. The predicted octanol–water partition coefficient (Wildman–Crippen LogP) is 2.42. The van der Waals surface area contributed by atoms with Gasteiger partial charge in [0.25, 0.3) is 0 Å². The maximum Gasteiger partial charge on any atom is 0.410 e. The molecule has 0 saturated carbocycles. The van der Waals surface area contributed by atoms with Crippen molar-refractivity contribution in [2.45, 2.75) is 72.7 Å². The number of hydrogen-bond acceptors (Lipinski definition) is 5. The first kappa shape index (κ1) is 19.4. The second-order valence-corrected chi connectivity index (χ2v) is 7.51. The van der Waals surface area contributed by atoms with Crippen molar-refractivity contribution >= 4 is 6.09 Å². The van der Waals surface area contributed by atoms with Gasteiger partial charge in [-0.1, -0.05) is 0 Å². The molecule has 0 unspecified atom stereocenters. The van der Waals surface area contributed by atoms with Gasteiger partial charge in [-0.15, -0.1) is 10.2 Å². The molecule has 1 aromatic rings. The Hall–Kier alpha value is -1.63. The van der Waals surface area contributed by atoms with Crippen molar-refractivity contribution in [1.29, 1.82) is 0 Å². The molecule has 0 aromatic carbocycles. The Kier molecular flexibility index (Phi) is 6.56. The minimum absolute atomic E-state index is 0.288. The average molecular weight is 325 g/mol. The third-order valence-electron chi connectivity index (χ3n) is 3.26. The Labute approximate surface area is 139 Å². The molecule has 0 atom stereocenters. The van der Waals surface area contributed by atoms with E-state index >= 15 is 0 Å². The molecule has 0 spiro atoms. The van der Waals surface area contributed by atoms with E-state index in [4.69, 9.17) is 4.74 Å². The van der Waals surface area contributed by atoms with Crippen molar-refractivity contribution in [3.05, 3.63) is 12.2 Å². The smallest absolute Gasteiger partial charge is 0.410 e. The number of hydrogen-bond donors (Lipinski definition) is 1. The van der Waals surface area contributed by atoms with E-state index in [9.17, 15) is 4.79 Å². The molecule has 0 saturated heterocycles. The van der Waals surface area contributed by atoms with Crippen LogP contribution in [0.5, 0.6) is 0 Å². The van der Waals surface area contributed by atoms with Gasteiger partial charge in [-0.05, 0) is 48.5 Å². The molecule has 1 rings (SSSR count). The Morgan fingerprint density at radius 2 is 1.96 bits per heavy atom. The highest BCUT2D eigenvalue weighted by molar-refractivity contribution is 5.69. The highest BCUT2D eigenvalue weighted by atomic mass is 16.6. The van der Waals surface area contributed by atoms with Gasteiger partial charge < -0.3 is 19.5 Å². The van der Waals surface area contributed by atoms with Crippen molar-refractivity contribution in [3.63, 3.8) is 0 Å². The Balaban J connectivity index is 2.54. The molecule has 0 aliphatic heterocycles. The number of nitrogens with zero attached hydrogens (tertiary/aromatic N) is 4. The summed E-state index contributed by atoms with van der Waals surface area (Å²) in [4.78, 5) is 14.1. The Bertz CT molecular complexity index is 499. The van der Waals surface area contributed by atoms with Crippen molar-refractivity contribution in [2.24, 2.45) is 0 Å². The molecule has 23 heavy (non-hydrogen) atoms. The minimum Gasteiger partial charge on any atom is -0.444 e. The highest BCUT2D eigenvalue weighted by Gasteiger charge is 2.30. The number of carbonyl (C=O) groups is 1. The van der Waals surface area contributed by atoms with Gasteiger partial charge in [0, 0.05) is 25.2 Å². The number of aromatic nitrogens is 3. The standard InChI is InChI=1S/C16H31N5O2/c1-8-20-12-18-19-13(20)11-17-9-10-21(15(2,3)4)14(22)23-16(5,6)7/h12,17H,8-11H2,1-7H3. The Morgan fingerprint density at radius 1 is 1.30 bits per heavy atom. The minimum atomic E-state index is -0.494. The molecule has 0 aliphatic rings. The van der Waals surface area contributed by atoms with E-state index < -0.39 is 5.60 Å². The van der Waals surface area contributed by atoms with Crippen LogP contribution in [0.2, 0.25) is 0 Å². The van der Waals surface area contributed by atoms with Crippen LogP contribution in [0.3, 0.4) is 0 Å². The predicted molar refractivity (Wildman–Crippen MR) is 90.1 cm³/mol. The molecular formula is C16H31N5O2. The van der Waals surface area contributed by atoms with E-state index in [0.29, 0.717) is 19.6 Å². The summed E-state index contributed by atoms with van der Waals surface area (Å²) in [5.74, 6) is 0.895. The van der Waals surface area contributed by atoms with Crippen LogP contribution >= 0.6 is 0 Å². The van der Waals surface area contributed by atoms with Crippen LogP contribution in [0.25, 0.3) is 0 Å². The zero-order valence-electron chi connectivity index (χ0n) is 15.5. The number of rotatable bonds is 6. The molecule has 0 bridgehead atoms. The van der Waals surface area contributed by atoms with Crippen LogP contribution in [-0.4, -0.2) is 50.0 Å². The second kappa shape index (κ2) is 7.77. The van der Waals surface area contributed by atoms with Crippen molar-refractivity contribution in [1.82, 2.24) is 25.0 Å². The van der Waals surface area contributed by atoms with Crippen LogP contribution in [0.4, 0.5) is 4.79 Å². The molecule has 1 aromatic heterocycles. The molecule has 1 heterocycles. The zero-order chi connectivity index (χ0) is 17.7. The number of nitrogens with one attached hydrogen (secondary N) is 1. The number of carbonyl (C=O) groups excluding carboxylic acids is 1. The number of amides is 1. The lowest BCUT2D eigenvalue weighted by atomic mass is 10.1. The van der Waals surface area contributed by atoms with E-state index in [0.717, 1.165) is 12.4 Å². The van der Waals surface area contributed by atoms with Gasteiger partial charge in [0.05, 0.1) is 6.54 Å². The van der Waals surface area contributed by atoms with Crippen LogP contribution in [0.1, 0.15) is 54.3 Å². The van der Waals surface area contributed by atoms with E-state index in [1.54, 1.807) is 11.2 Å². The normalized spacial score (nSPS) is 12.3. The lowest BCUT2D eigenvalue weighted by molar-refractivity contribution is 0.00662. The lowest BCUT2D eigenvalue weighted by Gasteiger charge is -2.36. The van der Waals surface area contributed by atoms with Gasteiger partial charge in [-0.25, -0.2) is 4.79 Å². The van der Waals surface area contributed by atoms with Gasteiger partial charge in [-0.2, -0.15) is 0 Å². The molecule has 7 nitrogen and oxygen atoms in total. The highest BCUT2D eigenvalue weighted by Crippen LogP contribution is 2.17. The SMILES string of the molecule is CCn1cnnc1CNCCN(C(=O)OC(C)(C)C)C(C)(C)C. The first-order chi connectivity index (χ1) is 10.5. The summed E-state index contributed by atoms with van der Waals surface area (Å²) >= 11 is 0. The molecule has 0 aliphatic carbocycles. The monoisotopic (exact) mass is 325 g/mol. The largest absolute Gasteiger partial charge is 0.444 e. The fourth-order valence-electron chi connectivity index (χ4n) is 2.09. The number of aryl methyl sites for hydroxylation is 1.